The SMILES string of the molecule is C.C.C.CC(=O)c1ccc(C(O)(c2c(C)cccc2C)C2CCN(C)CC2)cc1.CC(=O)c1ccc(C(O)(c2cc3ccccc3o2)C2CCN(C)CC2)cc1.CC(=O)c1ccc(C(O)(c2ccc(C)cc2)C2CCN(C)CC2)cc1.CC(=O)c1ccc(C(O)(c2ccc(C)cc2)C2CCN(C)CC2)cc1.CC(=O)c1ccc(C(O)(c2cccc3ccccc23)C2CCN(C)CC2)cc1. The number of Topliss-reactive ketones (excluding diaryl/α,β-unsaturated/α-hetero) is 5. The Kier molecular flexibility index (Phi) is 36.2. The van der Waals surface area contributed by atoms with E-state index in [9.17, 15) is 49.5 Å². The molecule has 710 valence electrons. The van der Waals surface area contributed by atoms with Crippen molar-refractivity contribution in [1.82, 2.24) is 24.5 Å². The van der Waals surface area contributed by atoms with Gasteiger partial charge in [0, 0.05) is 39.1 Å². The molecule has 0 radical (unpaired) electrons. The van der Waals surface area contributed by atoms with Crippen LogP contribution in [-0.2, 0) is 28.0 Å². The minimum Gasteiger partial charge on any atom is -0.458 e. The van der Waals surface area contributed by atoms with Crippen molar-refractivity contribution < 1.29 is 53.9 Å². The zero-order valence-corrected chi connectivity index (χ0v) is 79.3. The number of carbonyl (C=O) groups excluding carboxylic acids is 5. The number of nitrogens with zero attached hydrogens (tertiary/aromatic N) is 5. The van der Waals surface area contributed by atoms with Crippen LogP contribution in [0.3, 0.4) is 0 Å². The van der Waals surface area contributed by atoms with E-state index in [0.29, 0.717) is 33.6 Å². The fourth-order valence-corrected chi connectivity index (χ4v) is 20.7. The molecular formula is C118H147N5O11. The summed E-state index contributed by atoms with van der Waals surface area (Å²) in [5, 5.41) is 63.4. The number of ketones is 5. The van der Waals surface area contributed by atoms with Crippen molar-refractivity contribution in [1.29, 1.82) is 0 Å². The zero-order valence-electron chi connectivity index (χ0n) is 79.3. The highest BCUT2D eigenvalue weighted by atomic mass is 16.4. The maximum absolute atomic E-state index is 12.3. The van der Waals surface area contributed by atoms with Crippen LogP contribution in [0.1, 0.15) is 251 Å². The topological polar surface area (TPSA) is 216 Å². The van der Waals surface area contributed by atoms with E-state index in [1.54, 1.807) is 46.8 Å². The summed E-state index contributed by atoms with van der Waals surface area (Å²) in [5.41, 5.74) is 11.5. The monoisotopic (exact) mass is 1810 g/mol. The third-order valence-electron chi connectivity index (χ3n) is 29.1. The number of hydrogen-bond donors (Lipinski definition) is 5. The molecule has 12 aromatic rings. The average molecular weight is 1810 g/mol. The molecule has 134 heavy (non-hydrogen) atoms. The van der Waals surface area contributed by atoms with Gasteiger partial charge in [-0.3, -0.25) is 24.0 Å². The van der Waals surface area contributed by atoms with Gasteiger partial charge in [0.2, 0.25) is 0 Å². The molecule has 1 aromatic heterocycles. The molecule has 5 unspecified atom stereocenters. The summed E-state index contributed by atoms with van der Waals surface area (Å²) < 4.78 is 6.11. The largest absolute Gasteiger partial charge is 0.458 e. The molecule has 0 bridgehead atoms. The smallest absolute Gasteiger partial charge is 0.159 e. The number of carbonyl (C=O) groups is 5. The Morgan fingerprint density at radius 1 is 0.276 bits per heavy atom. The Morgan fingerprint density at radius 3 is 0.828 bits per heavy atom. The molecule has 5 N–H and O–H groups in total. The van der Waals surface area contributed by atoms with Crippen LogP contribution in [0.25, 0.3) is 21.7 Å². The Labute approximate surface area is 798 Å². The Balaban J connectivity index is 0.000000173. The summed E-state index contributed by atoms with van der Waals surface area (Å²) in [6.07, 6.45) is 9.37. The molecule has 5 saturated heterocycles. The van der Waals surface area contributed by atoms with E-state index in [4.69, 9.17) is 4.42 Å². The van der Waals surface area contributed by atoms with Crippen LogP contribution in [0.15, 0.2) is 265 Å². The minimum absolute atomic E-state index is 0. The van der Waals surface area contributed by atoms with E-state index in [0.717, 1.165) is 213 Å². The van der Waals surface area contributed by atoms with Gasteiger partial charge in [0.15, 0.2) is 28.9 Å². The maximum Gasteiger partial charge on any atom is 0.159 e. The Bertz CT molecular complexity index is 5670. The maximum atomic E-state index is 12.3. The van der Waals surface area contributed by atoms with Crippen molar-refractivity contribution in [2.24, 2.45) is 29.6 Å². The summed E-state index contributed by atoms with van der Waals surface area (Å²) in [7, 11) is 10.6. The number of piperidine rings is 5. The molecule has 6 heterocycles. The molecule has 17 rings (SSSR count). The zero-order chi connectivity index (χ0) is 93.7. The van der Waals surface area contributed by atoms with E-state index >= 15 is 0 Å². The second kappa shape index (κ2) is 46.1. The first-order valence-electron chi connectivity index (χ1n) is 46.9. The average Bonchev–Trinajstić information content (AvgIpc) is 1.34. The van der Waals surface area contributed by atoms with Crippen LogP contribution in [0.4, 0.5) is 0 Å². The summed E-state index contributed by atoms with van der Waals surface area (Å²) in [6, 6.07) is 84.1. The second-order valence-electron chi connectivity index (χ2n) is 38.1. The minimum atomic E-state index is -1.21. The van der Waals surface area contributed by atoms with E-state index in [-0.39, 0.29) is 80.8 Å². The highest BCUT2D eigenvalue weighted by Crippen LogP contribution is 2.50. The van der Waals surface area contributed by atoms with Gasteiger partial charge in [0.1, 0.15) is 39.3 Å². The second-order valence-corrected chi connectivity index (χ2v) is 38.1. The number of benzene rings is 11. The fourth-order valence-electron chi connectivity index (χ4n) is 20.7. The molecule has 16 heteroatoms. The number of aryl methyl sites for hydroxylation is 4. The van der Waals surface area contributed by atoms with Gasteiger partial charge in [-0.15, -0.1) is 0 Å². The van der Waals surface area contributed by atoms with Crippen LogP contribution in [0, 0.1) is 57.3 Å². The highest BCUT2D eigenvalue weighted by molar-refractivity contribution is 5.96. The molecule has 5 aliphatic heterocycles. The quantitative estimate of drug-likeness (QED) is 0.0449. The lowest BCUT2D eigenvalue weighted by Crippen LogP contribution is -2.44. The Hall–Kier alpha value is -10.8. The number of likely N-dealkylation sites (tertiary alicyclic amines) is 5. The van der Waals surface area contributed by atoms with Crippen LogP contribution < -0.4 is 0 Å². The van der Waals surface area contributed by atoms with Gasteiger partial charge < -0.3 is 54.4 Å². The van der Waals surface area contributed by atoms with Crippen LogP contribution in [0.5, 0.6) is 0 Å². The summed E-state index contributed by atoms with van der Waals surface area (Å²) in [5.74, 6) is 1.43. The first-order valence-corrected chi connectivity index (χ1v) is 46.9. The third-order valence-corrected chi connectivity index (χ3v) is 29.1. The van der Waals surface area contributed by atoms with Gasteiger partial charge in [-0.2, -0.15) is 0 Å². The first-order chi connectivity index (χ1) is 62.6. The number of furan rings is 1. The number of rotatable bonds is 20. The number of hydrogen-bond acceptors (Lipinski definition) is 16. The van der Waals surface area contributed by atoms with Gasteiger partial charge in [0.05, 0.1) is 0 Å². The molecular weight excluding hydrogens is 1660 g/mol. The predicted octanol–water partition coefficient (Wildman–Crippen LogP) is 22.4. The lowest BCUT2D eigenvalue weighted by Gasteiger charge is -2.43. The van der Waals surface area contributed by atoms with Crippen LogP contribution >= 0.6 is 0 Å². The van der Waals surface area contributed by atoms with Gasteiger partial charge in [-0.05, 0) is 335 Å². The fraction of sp³-hybridized carbons (Fsp3) is 0.398. The van der Waals surface area contributed by atoms with Crippen LogP contribution in [0.2, 0.25) is 0 Å². The van der Waals surface area contributed by atoms with E-state index in [2.05, 4.69) is 148 Å². The molecule has 11 aromatic carbocycles. The van der Waals surface area contributed by atoms with Crippen molar-refractivity contribution in [3.63, 3.8) is 0 Å². The first kappa shape index (κ1) is 105. The van der Waals surface area contributed by atoms with Crippen molar-refractivity contribution in [3.05, 3.63) is 367 Å². The standard InChI is InChI=1S/C25H27NO2.C23H25NO3.C23H29NO2.2C22H27NO2.3CH4/c1-18(27)19-10-12-21(13-11-19)25(28,22-14-16-26(2)17-15-22)24-9-5-7-20-6-3-4-8-23(20)24;1-16(25)17-7-9-19(10-8-17)23(26,20-11-13-24(2)14-12-20)22-15-18-5-3-4-6-21(18)27-22;1-16-6-5-7-17(2)22(16)23(26,21-12-14-24(4)15-13-21)20-10-8-19(9-11-20)18(3)25;2*1-16-4-8-19(9-5-16)22(25,21-12-14-23(3)15-13-21)20-10-6-18(7-11-20)17(2)24;;;/h3-13,22,28H,14-17H2,1-2H3;3-10,15,20,26H,11-14H2,1-2H3;5-11,21,26H,12-15H2,1-4H3;2*4-11,21,25H,12-15H2,1-3H3;3*1H4. The number of fused-ring (bicyclic) bond motifs is 2. The number of para-hydroxylation sites is 1. The highest BCUT2D eigenvalue weighted by Gasteiger charge is 2.48. The summed E-state index contributed by atoms with van der Waals surface area (Å²) in [4.78, 5) is 69.7. The van der Waals surface area contributed by atoms with Gasteiger partial charge in [-0.1, -0.05) is 282 Å². The molecule has 5 atom stereocenters. The van der Waals surface area contributed by atoms with Gasteiger partial charge >= 0.3 is 0 Å². The lowest BCUT2D eigenvalue weighted by atomic mass is 9.69. The lowest BCUT2D eigenvalue weighted by molar-refractivity contribution is -0.0262. The van der Waals surface area contributed by atoms with Crippen molar-refractivity contribution >= 4 is 50.7 Å². The molecule has 16 nitrogen and oxygen atoms in total. The van der Waals surface area contributed by atoms with E-state index in [1.165, 1.54) is 11.1 Å². The molecule has 0 aliphatic carbocycles. The number of aliphatic hydroxyl groups is 5. The molecule has 0 amide bonds. The molecule has 5 aliphatic rings. The Morgan fingerprint density at radius 2 is 0.515 bits per heavy atom. The molecule has 5 fully saturated rings. The predicted molar refractivity (Wildman–Crippen MR) is 547 cm³/mol. The molecule has 0 spiro atoms. The summed E-state index contributed by atoms with van der Waals surface area (Å²) in [6.45, 7) is 25.9. The van der Waals surface area contributed by atoms with Crippen molar-refractivity contribution in [2.75, 3.05) is 101 Å². The normalized spacial score (nSPS) is 18.1. The van der Waals surface area contributed by atoms with Crippen molar-refractivity contribution in [2.45, 2.75) is 177 Å². The molecule has 0 saturated carbocycles. The van der Waals surface area contributed by atoms with E-state index < -0.39 is 28.0 Å². The summed E-state index contributed by atoms with van der Waals surface area (Å²) >= 11 is 0. The third kappa shape index (κ3) is 23.4. The van der Waals surface area contributed by atoms with Gasteiger partial charge in [-0.25, -0.2) is 0 Å². The van der Waals surface area contributed by atoms with Gasteiger partial charge in [0.25, 0.3) is 0 Å². The van der Waals surface area contributed by atoms with E-state index in [1.807, 2.05) is 188 Å². The van der Waals surface area contributed by atoms with Crippen molar-refractivity contribution in [3.8, 4) is 0 Å². The van der Waals surface area contributed by atoms with Crippen LogP contribution in [-0.4, -0.2) is 180 Å².